The van der Waals surface area contributed by atoms with Gasteiger partial charge in [0.25, 0.3) is 0 Å². The van der Waals surface area contributed by atoms with Gasteiger partial charge in [-0.05, 0) is 52.1 Å². The van der Waals surface area contributed by atoms with E-state index in [0.29, 0.717) is 41.6 Å². The van der Waals surface area contributed by atoms with Crippen molar-refractivity contribution >= 4 is 34.7 Å². The second-order valence-corrected chi connectivity index (χ2v) is 9.43. The molecule has 1 saturated heterocycles. The van der Waals surface area contributed by atoms with Gasteiger partial charge in [0.15, 0.2) is 11.4 Å². The summed E-state index contributed by atoms with van der Waals surface area (Å²) in [5.41, 5.74) is 7.30. The Morgan fingerprint density at radius 1 is 1.29 bits per heavy atom. The fourth-order valence-electron chi connectivity index (χ4n) is 3.87. The SMILES string of the molecule is CCOC(=O)C(N)OCC(=O)c1cc2ncn(-c3ccc(C#N)cn3)c2nc1NC1CCOCC1.CN(C)CC(=O)O. The zero-order valence-electron chi connectivity index (χ0n) is 23.6. The van der Waals surface area contributed by atoms with Crippen molar-refractivity contribution in [2.75, 3.05) is 52.4 Å². The Hall–Kier alpha value is -4.49. The van der Waals surface area contributed by atoms with Crippen LogP contribution in [0, 0.1) is 11.3 Å². The van der Waals surface area contributed by atoms with Crippen molar-refractivity contribution in [3.63, 3.8) is 0 Å². The first-order valence-corrected chi connectivity index (χ1v) is 13.1. The Kier molecular flexibility index (Phi) is 11.8. The van der Waals surface area contributed by atoms with Gasteiger partial charge >= 0.3 is 11.9 Å². The average molecular weight is 583 g/mol. The number of carboxylic acids is 1. The number of esters is 1. The zero-order valence-corrected chi connectivity index (χ0v) is 23.6. The van der Waals surface area contributed by atoms with Gasteiger partial charge in [0.2, 0.25) is 6.23 Å². The highest BCUT2D eigenvalue weighted by Gasteiger charge is 2.23. The average Bonchev–Trinajstić information content (AvgIpc) is 3.38. The Morgan fingerprint density at radius 3 is 2.60 bits per heavy atom. The van der Waals surface area contributed by atoms with Gasteiger partial charge in [0.1, 0.15) is 36.2 Å². The van der Waals surface area contributed by atoms with E-state index < -0.39 is 30.6 Å². The van der Waals surface area contributed by atoms with E-state index in [1.807, 2.05) is 6.07 Å². The summed E-state index contributed by atoms with van der Waals surface area (Å²) >= 11 is 0. The highest BCUT2D eigenvalue weighted by molar-refractivity contribution is 6.03. The minimum absolute atomic E-state index is 0.0624. The molecular weight excluding hydrogens is 548 g/mol. The summed E-state index contributed by atoms with van der Waals surface area (Å²) in [6, 6.07) is 7.05. The number of carbonyl (C=O) groups excluding carboxylic acids is 2. The lowest BCUT2D eigenvalue weighted by atomic mass is 10.1. The van der Waals surface area contributed by atoms with Gasteiger partial charge < -0.3 is 24.6 Å². The van der Waals surface area contributed by atoms with Gasteiger partial charge in [-0.25, -0.2) is 19.7 Å². The molecule has 42 heavy (non-hydrogen) atoms. The lowest BCUT2D eigenvalue weighted by Gasteiger charge is -2.24. The minimum atomic E-state index is -1.37. The summed E-state index contributed by atoms with van der Waals surface area (Å²) in [7, 11) is 3.43. The van der Waals surface area contributed by atoms with E-state index in [1.165, 1.54) is 6.20 Å². The maximum atomic E-state index is 13.1. The first-order chi connectivity index (χ1) is 20.1. The third-order valence-electron chi connectivity index (χ3n) is 5.87. The summed E-state index contributed by atoms with van der Waals surface area (Å²) in [6.45, 7) is 2.69. The Labute approximate surface area is 242 Å². The van der Waals surface area contributed by atoms with E-state index in [9.17, 15) is 14.4 Å². The molecule has 0 aromatic carbocycles. The van der Waals surface area contributed by atoms with Crippen molar-refractivity contribution in [3.05, 3.63) is 41.9 Å². The molecule has 3 aromatic heterocycles. The molecule has 3 aromatic rings. The van der Waals surface area contributed by atoms with Crippen molar-refractivity contribution in [1.29, 1.82) is 5.26 Å². The number of nitrogens with one attached hydrogen (secondary N) is 1. The van der Waals surface area contributed by atoms with E-state index >= 15 is 0 Å². The number of aliphatic carboxylic acids is 1. The second kappa shape index (κ2) is 15.5. The fourth-order valence-corrected chi connectivity index (χ4v) is 3.87. The van der Waals surface area contributed by atoms with E-state index in [-0.39, 0.29) is 24.8 Å². The maximum absolute atomic E-state index is 13.1. The van der Waals surface area contributed by atoms with Gasteiger partial charge in [0.05, 0.1) is 24.3 Å². The molecule has 0 radical (unpaired) electrons. The molecular formula is C27H34N8O7. The number of Topliss-reactive ketones (excluding diaryl/α,β-unsaturated/α-hetero) is 1. The van der Waals surface area contributed by atoms with E-state index in [2.05, 4.69) is 15.3 Å². The van der Waals surface area contributed by atoms with Crippen LogP contribution >= 0.6 is 0 Å². The molecule has 15 nitrogen and oxygen atoms in total. The molecule has 1 fully saturated rings. The number of anilines is 1. The first kappa shape index (κ1) is 32.0. The number of likely N-dealkylation sites (N-methyl/N-ethyl adjacent to an activating group) is 1. The number of nitrogens with two attached hydrogens (primary N) is 1. The Balaban J connectivity index is 0.000000616. The molecule has 224 valence electrons. The lowest BCUT2D eigenvalue weighted by molar-refractivity contribution is -0.155. The van der Waals surface area contributed by atoms with Crippen molar-refractivity contribution < 1.29 is 33.7 Å². The molecule has 1 aliphatic rings. The van der Waals surface area contributed by atoms with Crippen molar-refractivity contribution in [3.8, 4) is 11.9 Å². The number of fused-ring (bicyclic) bond motifs is 1. The molecule has 0 amide bonds. The van der Waals surface area contributed by atoms with Crippen LogP contribution < -0.4 is 11.1 Å². The second-order valence-electron chi connectivity index (χ2n) is 9.43. The summed E-state index contributed by atoms with van der Waals surface area (Å²) in [5, 5.41) is 20.4. The number of nitriles is 1. The molecule has 4 heterocycles. The first-order valence-electron chi connectivity index (χ1n) is 13.1. The predicted octanol–water partition coefficient (Wildman–Crippen LogP) is 0.958. The summed E-state index contributed by atoms with van der Waals surface area (Å²) in [4.78, 5) is 49.5. The van der Waals surface area contributed by atoms with Crippen LogP contribution in [0.2, 0.25) is 0 Å². The number of carboxylic acid groups (broad SMARTS) is 1. The fraction of sp³-hybridized carbons (Fsp3) is 0.444. The number of hydrogen-bond donors (Lipinski definition) is 3. The lowest BCUT2D eigenvalue weighted by Crippen LogP contribution is -2.36. The Morgan fingerprint density at radius 2 is 2.02 bits per heavy atom. The van der Waals surface area contributed by atoms with Gasteiger partial charge in [-0.2, -0.15) is 5.26 Å². The van der Waals surface area contributed by atoms with E-state index in [4.69, 9.17) is 35.3 Å². The molecule has 4 N–H and O–H groups in total. The predicted molar refractivity (Wildman–Crippen MR) is 150 cm³/mol. The van der Waals surface area contributed by atoms with Crippen LogP contribution in [-0.2, 0) is 23.8 Å². The molecule has 15 heteroatoms. The van der Waals surface area contributed by atoms with Crippen LogP contribution in [0.1, 0.15) is 35.7 Å². The van der Waals surface area contributed by atoms with Crippen LogP contribution in [0.4, 0.5) is 5.82 Å². The number of imidazole rings is 1. The standard InChI is InChI=1S/C23H25N7O5.C4H9NO2/c1-2-34-23(32)20(25)35-12-18(31)16-9-17-22(29-21(16)28-15-5-7-33-8-6-15)30(13-27-17)19-4-3-14(10-24)11-26-19;1-5(2)3-4(6)7/h3-4,9,11,13,15,20H,2,5-8,12,25H2,1H3,(H,28,29);3H2,1-2H3,(H,6,7). The van der Waals surface area contributed by atoms with Gasteiger partial charge in [-0.3, -0.25) is 24.8 Å². The third kappa shape index (κ3) is 9.01. The summed E-state index contributed by atoms with van der Waals surface area (Å²) in [5.74, 6) is -1.07. The number of ketones is 1. The molecule has 0 bridgehead atoms. The number of pyridine rings is 2. The van der Waals surface area contributed by atoms with Crippen LogP contribution in [0.15, 0.2) is 30.7 Å². The Bertz CT molecular complexity index is 1410. The molecule has 1 aliphatic heterocycles. The minimum Gasteiger partial charge on any atom is -0.480 e. The monoisotopic (exact) mass is 582 g/mol. The van der Waals surface area contributed by atoms with E-state index in [1.54, 1.807) is 55.0 Å². The van der Waals surface area contributed by atoms with Crippen molar-refractivity contribution in [2.24, 2.45) is 5.73 Å². The zero-order chi connectivity index (χ0) is 30.6. The highest BCUT2D eigenvalue weighted by Crippen LogP contribution is 2.25. The smallest absolute Gasteiger partial charge is 0.350 e. The van der Waals surface area contributed by atoms with Gasteiger partial charge in [-0.15, -0.1) is 0 Å². The number of nitrogens with zero attached hydrogens (tertiary/aromatic N) is 6. The van der Waals surface area contributed by atoms with Gasteiger partial charge in [0, 0.05) is 25.5 Å². The maximum Gasteiger partial charge on any atom is 0.350 e. The van der Waals surface area contributed by atoms with Crippen molar-refractivity contribution in [2.45, 2.75) is 32.0 Å². The van der Waals surface area contributed by atoms with Crippen LogP contribution in [0.25, 0.3) is 17.0 Å². The quantitative estimate of drug-likeness (QED) is 0.163. The normalized spacial score (nSPS) is 14.0. The van der Waals surface area contributed by atoms with Crippen LogP contribution in [-0.4, -0.2) is 107 Å². The number of ether oxygens (including phenoxy) is 3. The molecule has 0 saturated carbocycles. The number of rotatable bonds is 11. The number of aromatic nitrogens is 4. The van der Waals surface area contributed by atoms with Crippen LogP contribution in [0.5, 0.6) is 0 Å². The van der Waals surface area contributed by atoms with Gasteiger partial charge in [-0.1, -0.05) is 0 Å². The summed E-state index contributed by atoms with van der Waals surface area (Å²) in [6.07, 6.45) is 3.15. The number of hydrogen-bond acceptors (Lipinski definition) is 13. The molecule has 1 atom stereocenters. The van der Waals surface area contributed by atoms with Crippen LogP contribution in [0.3, 0.4) is 0 Å². The third-order valence-corrected chi connectivity index (χ3v) is 5.87. The van der Waals surface area contributed by atoms with E-state index in [0.717, 1.165) is 12.8 Å². The molecule has 4 rings (SSSR count). The topological polar surface area (TPSA) is 208 Å². The number of carbonyl (C=O) groups is 3. The largest absolute Gasteiger partial charge is 0.480 e. The molecule has 0 aliphatic carbocycles. The summed E-state index contributed by atoms with van der Waals surface area (Å²) < 4.78 is 17.2. The van der Waals surface area contributed by atoms with Crippen molar-refractivity contribution in [1.82, 2.24) is 24.4 Å². The highest BCUT2D eigenvalue weighted by atomic mass is 16.6. The molecule has 1 unspecified atom stereocenters. The molecule has 0 spiro atoms.